The molecule has 2 aromatic rings. The van der Waals surface area contributed by atoms with Crippen molar-refractivity contribution in [2.24, 2.45) is 0 Å². The van der Waals surface area contributed by atoms with Gasteiger partial charge in [-0.1, -0.05) is 12.1 Å². The molecule has 7 nitrogen and oxygen atoms in total. The summed E-state index contributed by atoms with van der Waals surface area (Å²) in [5, 5.41) is 5.14. The Morgan fingerprint density at radius 3 is 2.79 bits per heavy atom. The first kappa shape index (κ1) is 19.4. The molecule has 1 fully saturated rings. The number of rotatable bonds is 6. The Balaban J connectivity index is 1.35. The molecule has 0 unspecified atom stereocenters. The van der Waals surface area contributed by atoms with Crippen molar-refractivity contribution in [2.45, 2.75) is 25.8 Å². The zero-order valence-corrected chi connectivity index (χ0v) is 17.2. The van der Waals surface area contributed by atoms with Crippen LogP contribution >= 0.6 is 11.3 Å². The van der Waals surface area contributed by atoms with Crippen LogP contribution in [0.15, 0.2) is 35.7 Å². The Morgan fingerprint density at radius 1 is 1.17 bits per heavy atom. The number of nitrogens with one attached hydrogen (secondary N) is 1. The third-order valence-corrected chi connectivity index (χ3v) is 6.37. The maximum atomic E-state index is 12.5. The first-order valence-corrected chi connectivity index (χ1v) is 10.7. The summed E-state index contributed by atoms with van der Waals surface area (Å²) in [6.45, 7) is 2.15. The molecule has 0 atom stereocenters. The minimum atomic E-state index is -0.293. The highest BCUT2D eigenvalue weighted by Crippen LogP contribution is 2.32. The molecule has 0 radical (unpaired) electrons. The average molecular weight is 413 g/mol. The molecule has 4 rings (SSSR count). The number of imide groups is 1. The van der Waals surface area contributed by atoms with E-state index >= 15 is 0 Å². The van der Waals surface area contributed by atoms with Crippen LogP contribution < -0.4 is 10.2 Å². The predicted octanol–water partition coefficient (Wildman–Crippen LogP) is 2.92. The molecule has 2 aliphatic heterocycles. The van der Waals surface area contributed by atoms with Crippen LogP contribution in [0.3, 0.4) is 0 Å². The fraction of sp³-hybridized carbons (Fsp3) is 0.381. The highest BCUT2D eigenvalue weighted by Gasteiger charge is 2.32. The van der Waals surface area contributed by atoms with Gasteiger partial charge in [-0.25, -0.2) is 4.79 Å². The van der Waals surface area contributed by atoms with Crippen molar-refractivity contribution < 1.29 is 14.4 Å². The van der Waals surface area contributed by atoms with Crippen molar-refractivity contribution in [1.29, 1.82) is 0 Å². The van der Waals surface area contributed by atoms with E-state index in [9.17, 15) is 14.4 Å². The first-order valence-electron chi connectivity index (χ1n) is 9.77. The lowest BCUT2D eigenvalue weighted by Gasteiger charge is -2.30. The number of benzene rings is 1. The summed E-state index contributed by atoms with van der Waals surface area (Å²) in [5.74, 6) is -0.320. The molecular weight excluding hydrogens is 388 g/mol. The number of hydrogen-bond acceptors (Lipinski definition) is 5. The van der Waals surface area contributed by atoms with E-state index in [1.165, 1.54) is 20.2 Å². The summed E-state index contributed by atoms with van der Waals surface area (Å²) in [6.07, 6.45) is 1.71. The molecular formula is C21H24N4O3S. The van der Waals surface area contributed by atoms with Crippen molar-refractivity contribution in [3.05, 3.63) is 46.2 Å². The zero-order chi connectivity index (χ0) is 20.4. The van der Waals surface area contributed by atoms with Crippen molar-refractivity contribution >= 4 is 40.6 Å². The van der Waals surface area contributed by atoms with Gasteiger partial charge >= 0.3 is 6.03 Å². The summed E-state index contributed by atoms with van der Waals surface area (Å²) >= 11 is 1.81. The lowest BCUT2D eigenvalue weighted by atomic mass is 10.1. The lowest BCUT2D eigenvalue weighted by molar-refractivity contribution is -0.125. The van der Waals surface area contributed by atoms with Crippen LogP contribution in [0.5, 0.6) is 0 Å². The van der Waals surface area contributed by atoms with E-state index in [1.54, 1.807) is 18.4 Å². The van der Waals surface area contributed by atoms with Crippen LogP contribution in [-0.4, -0.2) is 54.3 Å². The van der Waals surface area contributed by atoms with E-state index in [-0.39, 0.29) is 37.4 Å². The summed E-state index contributed by atoms with van der Waals surface area (Å²) in [7, 11) is 1.60. The lowest BCUT2D eigenvalue weighted by Crippen LogP contribution is -2.33. The second kappa shape index (κ2) is 8.24. The summed E-state index contributed by atoms with van der Waals surface area (Å²) in [4.78, 5) is 42.5. The Hall–Kier alpha value is -2.87. The molecule has 8 heteroatoms. The summed E-state index contributed by atoms with van der Waals surface area (Å²) < 4.78 is 0. The molecule has 1 aromatic heterocycles. The molecule has 0 spiro atoms. The Kier molecular flexibility index (Phi) is 5.53. The van der Waals surface area contributed by atoms with Crippen LogP contribution in [0.4, 0.5) is 16.2 Å². The van der Waals surface area contributed by atoms with E-state index in [2.05, 4.69) is 21.7 Å². The second-order valence-corrected chi connectivity index (χ2v) is 8.39. The van der Waals surface area contributed by atoms with Gasteiger partial charge in [0.1, 0.15) is 6.54 Å². The van der Waals surface area contributed by atoms with E-state index in [1.807, 2.05) is 24.3 Å². The Labute approximate surface area is 173 Å². The highest BCUT2D eigenvalue weighted by molar-refractivity contribution is 7.10. The fourth-order valence-corrected chi connectivity index (χ4v) is 4.70. The number of hydrogen-bond donors (Lipinski definition) is 1. The molecule has 152 valence electrons. The van der Waals surface area contributed by atoms with Gasteiger partial charge in [0, 0.05) is 38.0 Å². The van der Waals surface area contributed by atoms with Gasteiger partial charge in [-0.15, -0.1) is 11.3 Å². The van der Waals surface area contributed by atoms with Gasteiger partial charge in [0.2, 0.25) is 11.8 Å². The second-order valence-electron chi connectivity index (χ2n) is 7.39. The van der Waals surface area contributed by atoms with E-state index in [0.29, 0.717) is 6.42 Å². The topological polar surface area (TPSA) is 73.0 Å². The summed E-state index contributed by atoms with van der Waals surface area (Å²) in [5.41, 5.74) is 3.17. The van der Waals surface area contributed by atoms with Crippen LogP contribution in [0.25, 0.3) is 0 Å². The van der Waals surface area contributed by atoms with Crippen LogP contribution in [0.1, 0.15) is 23.3 Å². The Morgan fingerprint density at radius 2 is 2.00 bits per heavy atom. The minimum Gasteiger partial charge on any atom is -0.365 e. The van der Waals surface area contributed by atoms with E-state index in [4.69, 9.17) is 0 Å². The van der Waals surface area contributed by atoms with E-state index < -0.39 is 0 Å². The summed E-state index contributed by atoms with van der Waals surface area (Å²) in [6, 6.07) is 9.72. The maximum absolute atomic E-state index is 12.5. The van der Waals surface area contributed by atoms with Crippen molar-refractivity contribution in [1.82, 2.24) is 9.80 Å². The zero-order valence-electron chi connectivity index (χ0n) is 16.4. The van der Waals surface area contributed by atoms with Gasteiger partial charge in [0.15, 0.2) is 0 Å². The third-order valence-electron chi connectivity index (χ3n) is 5.34. The van der Waals surface area contributed by atoms with Crippen molar-refractivity contribution in [3.8, 4) is 0 Å². The molecule has 0 bridgehead atoms. The SMILES string of the molecule is CN1CC(=O)N(CCCC(=O)Nc2ccccc2N2CCc3sccc3C2)C1=O. The molecule has 29 heavy (non-hydrogen) atoms. The van der Waals surface area contributed by atoms with Crippen LogP contribution in [0, 0.1) is 0 Å². The predicted molar refractivity (Wildman–Crippen MR) is 113 cm³/mol. The molecule has 4 amide bonds. The molecule has 0 saturated carbocycles. The number of fused-ring (bicyclic) bond motifs is 1. The number of likely N-dealkylation sites (N-methyl/N-ethyl adjacent to an activating group) is 1. The first-order chi connectivity index (χ1) is 14.0. The molecule has 3 heterocycles. The van der Waals surface area contributed by atoms with Crippen LogP contribution in [0.2, 0.25) is 0 Å². The number of amides is 4. The smallest absolute Gasteiger partial charge is 0.326 e. The quantitative estimate of drug-likeness (QED) is 0.741. The third kappa shape index (κ3) is 4.12. The molecule has 1 N–H and O–H groups in total. The molecule has 1 aromatic carbocycles. The van der Waals surface area contributed by atoms with Gasteiger partial charge in [-0.3, -0.25) is 14.5 Å². The minimum absolute atomic E-state index is 0.111. The normalized spacial score (nSPS) is 16.4. The number of carbonyl (C=O) groups is 3. The van der Waals surface area contributed by atoms with Gasteiger partial charge in [0.25, 0.3) is 0 Å². The maximum Gasteiger partial charge on any atom is 0.326 e. The van der Waals surface area contributed by atoms with Gasteiger partial charge in [-0.2, -0.15) is 0 Å². The monoisotopic (exact) mass is 412 g/mol. The van der Waals surface area contributed by atoms with Gasteiger partial charge in [0.05, 0.1) is 11.4 Å². The van der Waals surface area contributed by atoms with Crippen molar-refractivity contribution in [3.63, 3.8) is 0 Å². The Bertz CT molecular complexity index is 942. The number of nitrogens with zero attached hydrogens (tertiary/aromatic N) is 3. The standard InChI is InChI=1S/C21H24N4O3S/c1-23-14-20(27)25(21(23)28)10-4-7-19(26)22-16-5-2-3-6-17(16)24-11-8-18-15(13-24)9-12-29-18/h2-3,5-6,9,12H,4,7-8,10-11,13-14H2,1H3,(H,22,26). The molecule has 2 aliphatic rings. The van der Waals surface area contributed by atoms with E-state index in [0.717, 1.165) is 30.9 Å². The number of carbonyl (C=O) groups excluding carboxylic acids is 3. The van der Waals surface area contributed by atoms with Gasteiger partial charge < -0.3 is 15.1 Å². The number of para-hydroxylation sites is 2. The largest absolute Gasteiger partial charge is 0.365 e. The number of anilines is 2. The van der Waals surface area contributed by atoms with Gasteiger partial charge in [-0.05, 0) is 42.0 Å². The molecule has 1 saturated heterocycles. The van der Waals surface area contributed by atoms with Crippen molar-refractivity contribution in [2.75, 3.05) is 36.9 Å². The fourth-order valence-electron chi connectivity index (χ4n) is 3.81. The van der Waals surface area contributed by atoms with Crippen LogP contribution in [-0.2, 0) is 22.6 Å². The molecule has 0 aliphatic carbocycles. The highest BCUT2D eigenvalue weighted by atomic mass is 32.1. The number of thiophene rings is 1. The average Bonchev–Trinajstić information content (AvgIpc) is 3.27. The number of urea groups is 1.